The molecule has 288 valence electrons. The topological polar surface area (TPSA) is 90.0 Å². The number of carbonyl (C=O) groups is 2. The molecule has 2 amide bonds. The minimum absolute atomic E-state index is 0.0282. The molecule has 2 atom stereocenters. The molecular formula is C41H53F2N3O7. The first-order valence-electron chi connectivity index (χ1n) is 18.6. The third kappa shape index (κ3) is 9.90. The second kappa shape index (κ2) is 17.5. The molecule has 0 aromatic heterocycles. The molecule has 2 aliphatic heterocycles. The number of benzene rings is 3. The Morgan fingerprint density at radius 2 is 1.36 bits per heavy atom. The fourth-order valence-corrected chi connectivity index (χ4v) is 7.06. The maximum atomic E-state index is 14.6. The van der Waals surface area contributed by atoms with Gasteiger partial charge in [-0.3, -0.25) is 9.69 Å². The van der Waals surface area contributed by atoms with Crippen LogP contribution in [0.15, 0.2) is 48.5 Å². The lowest BCUT2D eigenvalue weighted by Gasteiger charge is -2.43. The van der Waals surface area contributed by atoms with Crippen LogP contribution < -0.4 is 18.9 Å². The van der Waals surface area contributed by atoms with Crippen LogP contribution in [0.3, 0.4) is 0 Å². The molecule has 1 saturated heterocycles. The normalized spacial score (nSPS) is 17.6. The Morgan fingerprint density at radius 3 is 1.98 bits per heavy atom. The molecular weight excluding hydrogens is 684 g/mol. The van der Waals surface area contributed by atoms with Gasteiger partial charge in [0.25, 0.3) is 0 Å². The van der Waals surface area contributed by atoms with E-state index in [9.17, 15) is 18.4 Å². The highest BCUT2D eigenvalue weighted by Gasteiger charge is 2.38. The summed E-state index contributed by atoms with van der Waals surface area (Å²) in [5.74, 6) is 0.963. The van der Waals surface area contributed by atoms with Crippen molar-refractivity contribution in [2.75, 3.05) is 59.2 Å². The molecule has 3 aromatic carbocycles. The summed E-state index contributed by atoms with van der Waals surface area (Å²) in [4.78, 5) is 33.1. The fourth-order valence-electron chi connectivity index (χ4n) is 7.06. The lowest BCUT2D eigenvalue weighted by atomic mass is 9.87. The van der Waals surface area contributed by atoms with E-state index in [-0.39, 0.29) is 31.6 Å². The molecule has 5 rings (SSSR count). The molecule has 0 bridgehead atoms. The third-order valence-corrected chi connectivity index (χ3v) is 9.27. The van der Waals surface area contributed by atoms with E-state index in [0.29, 0.717) is 80.9 Å². The van der Waals surface area contributed by atoms with Crippen LogP contribution in [-0.2, 0) is 22.4 Å². The maximum Gasteiger partial charge on any atom is 0.410 e. The minimum atomic E-state index is -0.730. The molecule has 1 fully saturated rings. The summed E-state index contributed by atoms with van der Waals surface area (Å²) < 4.78 is 58.5. The van der Waals surface area contributed by atoms with Gasteiger partial charge in [0.1, 0.15) is 17.2 Å². The van der Waals surface area contributed by atoms with Crippen molar-refractivity contribution in [1.82, 2.24) is 14.7 Å². The second-order valence-electron chi connectivity index (χ2n) is 14.2. The fraction of sp³-hybridized carbons (Fsp3) is 0.512. The van der Waals surface area contributed by atoms with Crippen LogP contribution in [0, 0.1) is 11.6 Å². The number of hydrogen-bond donors (Lipinski definition) is 0. The quantitative estimate of drug-likeness (QED) is 0.178. The van der Waals surface area contributed by atoms with Crippen molar-refractivity contribution in [3.8, 4) is 23.0 Å². The lowest BCUT2D eigenvalue weighted by molar-refractivity contribution is -0.136. The van der Waals surface area contributed by atoms with Crippen molar-refractivity contribution < 1.29 is 42.1 Å². The third-order valence-electron chi connectivity index (χ3n) is 9.27. The highest BCUT2D eigenvalue weighted by molar-refractivity contribution is 5.79. The maximum absolute atomic E-state index is 14.6. The smallest absolute Gasteiger partial charge is 0.410 e. The van der Waals surface area contributed by atoms with Gasteiger partial charge in [-0.2, -0.15) is 0 Å². The molecule has 53 heavy (non-hydrogen) atoms. The summed E-state index contributed by atoms with van der Waals surface area (Å²) in [6.45, 7) is 16.0. The molecule has 2 aliphatic rings. The summed E-state index contributed by atoms with van der Waals surface area (Å²) in [7, 11) is 0. The number of halogens is 2. The monoisotopic (exact) mass is 737 g/mol. The summed E-state index contributed by atoms with van der Waals surface area (Å²) in [6, 6.07) is 12.2. The van der Waals surface area contributed by atoms with Gasteiger partial charge in [-0.1, -0.05) is 6.07 Å². The van der Waals surface area contributed by atoms with Crippen molar-refractivity contribution >= 4 is 12.0 Å². The predicted molar refractivity (Wildman–Crippen MR) is 198 cm³/mol. The standard InChI is InChI=1S/C41H53F2N3O7/c1-8-49-35-13-12-27(19-36(35)50-9-2)18-33-32-24-38(52-11-4)37(51-10-3)22-28(32)14-15-46(33)39(47)26-44-16-17-45(40(48)53-41(5,6)7)25-34(44)29-20-30(42)23-31(43)21-29/h12-13,19-24,33-34H,8-11,14-18,25-26H2,1-7H3. The van der Waals surface area contributed by atoms with Crippen LogP contribution in [0.1, 0.15) is 82.8 Å². The molecule has 0 radical (unpaired) electrons. The van der Waals surface area contributed by atoms with Crippen LogP contribution in [-0.4, -0.2) is 91.5 Å². The highest BCUT2D eigenvalue weighted by atomic mass is 19.1. The first-order chi connectivity index (χ1) is 25.3. The Morgan fingerprint density at radius 1 is 0.755 bits per heavy atom. The highest BCUT2D eigenvalue weighted by Crippen LogP contribution is 2.41. The van der Waals surface area contributed by atoms with Crippen molar-refractivity contribution in [2.24, 2.45) is 0 Å². The van der Waals surface area contributed by atoms with Gasteiger partial charge in [0, 0.05) is 32.2 Å². The zero-order chi connectivity index (χ0) is 38.3. The van der Waals surface area contributed by atoms with E-state index < -0.39 is 29.4 Å². The lowest BCUT2D eigenvalue weighted by Crippen LogP contribution is -2.54. The van der Waals surface area contributed by atoms with Gasteiger partial charge in [0.15, 0.2) is 23.0 Å². The van der Waals surface area contributed by atoms with Gasteiger partial charge in [-0.05, 0) is 120 Å². The number of ether oxygens (including phenoxy) is 5. The summed E-state index contributed by atoms with van der Waals surface area (Å²) in [5.41, 5.74) is 2.61. The molecule has 0 spiro atoms. The SMILES string of the molecule is CCOc1ccc(CC2c3cc(OCC)c(OCC)cc3CCN2C(=O)CN2CCN(C(=O)OC(C)(C)C)CC2c2cc(F)cc(F)c2)cc1OCC. The second-order valence-corrected chi connectivity index (χ2v) is 14.2. The number of nitrogens with zero attached hydrogens (tertiary/aromatic N) is 3. The van der Waals surface area contributed by atoms with Crippen molar-refractivity contribution in [3.05, 3.63) is 82.4 Å². The Kier molecular flexibility index (Phi) is 13.1. The largest absolute Gasteiger partial charge is 0.490 e. The summed E-state index contributed by atoms with van der Waals surface area (Å²) in [5, 5.41) is 0. The first kappa shape index (κ1) is 39.6. The van der Waals surface area contributed by atoms with Gasteiger partial charge in [-0.25, -0.2) is 13.6 Å². The number of fused-ring (bicyclic) bond motifs is 1. The number of carbonyl (C=O) groups excluding carboxylic acids is 2. The Labute approximate surface area is 311 Å². The zero-order valence-corrected chi connectivity index (χ0v) is 32.0. The first-order valence-corrected chi connectivity index (χ1v) is 18.6. The Balaban J connectivity index is 1.50. The van der Waals surface area contributed by atoms with Gasteiger partial charge in [0.2, 0.25) is 5.91 Å². The van der Waals surface area contributed by atoms with Gasteiger partial charge in [0.05, 0.1) is 45.1 Å². The number of hydrogen-bond acceptors (Lipinski definition) is 8. The van der Waals surface area contributed by atoms with Crippen LogP contribution in [0.2, 0.25) is 0 Å². The van der Waals surface area contributed by atoms with Crippen LogP contribution in [0.4, 0.5) is 13.6 Å². The number of piperazine rings is 1. The average Bonchev–Trinajstić information content (AvgIpc) is 3.09. The van der Waals surface area contributed by atoms with Crippen molar-refractivity contribution in [1.29, 1.82) is 0 Å². The number of amides is 2. The molecule has 0 N–H and O–H groups in total. The molecule has 3 aromatic rings. The molecule has 2 unspecified atom stereocenters. The molecule has 2 heterocycles. The zero-order valence-electron chi connectivity index (χ0n) is 32.0. The van der Waals surface area contributed by atoms with E-state index in [1.165, 1.54) is 17.0 Å². The van der Waals surface area contributed by atoms with E-state index in [4.69, 9.17) is 23.7 Å². The van der Waals surface area contributed by atoms with Gasteiger partial charge < -0.3 is 33.5 Å². The van der Waals surface area contributed by atoms with Crippen LogP contribution in [0.5, 0.6) is 23.0 Å². The molecule has 10 nitrogen and oxygen atoms in total. The Bertz CT molecular complexity index is 1730. The predicted octanol–water partition coefficient (Wildman–Crippen LogP) is 7.52. The van der Waals surface area contributed by atoms with Crippen molar-refractivity contribution in [2.45, 2.75) is 79.0 Å². The van der Waals surface area contributed by atoms with Crippen LogP contribution in [0.25, 0.3) is 0 Å². The molecule has 0 saturated carbocycles. The van der Waals surface area contributed by atoms with Gasteiger partial charge >= 0.3 is 6.09 Å². The summed E-state index contributed by atoms with van der Waals surface area (Å²) >= 11 is 0. The van der Waals surface area contributed by atoms with E-state index in [2.05, 4.69) is 0 Å². The Hall–Kier alpha value is -4.58. The average molecular weight is 738 g/mol. The van der Waals surface area contributed by atoms with E-state index in [1.54, 1.807) is 20.8 Å². The molecule has 0 aliphatic carbocycles. The van der Waals surface area contributed by atoms with Crippen molar-refractivity contribution in [3.63, 3.8) is 0 Å². The molecule has 12 heteroatoms. The van der Waals surface area contributed by atoms with E-state index >= 15 is 0 Å². The minimum Gasteiger partial charge on any atom is -0.490 e. The van der Waals surface area contributed by atoms with Crippen LogP contribution >= 0.6 is 0 Å². The van der Waals surface area contributed by atoms with E-state index in [1.807, 2.05) is 67.8 Å². The van der Waals surface area contributed by atoms with E-state index in [0.717, 1.165) is 22.8 Å². The number of rotatable bonds is 13. The summed E-state index contributed by atoms with van der Waals surface area (Å²) in [6.07, 6.45) is 0.564. The van der Waals surface area contributed by atoms with Gasteiger partial charge in [-0.15, -0.1) is 0 Å².